The molecule has 27 heavy (non-hydrogen) atoms. The zero-order chi connectivity index (χ0) is 19.7. The number of nitrogens with zero attached hydrogens (tertiary/aromatic N) is 5. The first-order chi connectivity index (χ1) is 12.8. The van der Waals surface area contributed by atoms with Gasteiger partial charge in [-0.15, -0.1) is 0 Å². The molecule has 5 nitrogen and oxygen atoms in total. The van der Waals surface area contributed by atoms with Gasteiger partial charge in [-0.05, 0) is 19.3 Å². The van der Waals surface area contributed by atoms with Crippen LogP contribution in [0.2, 0.25) is 0 Å². The Balaban J connectivity index is 2.18. The lowest BCUT2D eigenvalue weighted by atomic mass is 10.0. The molecular formula is C18H21ClF3N5. The van der Waals surface area contributed by atoms with Crippen molar-refractivity contribution in [2.45, 2.75) is 20.3 Å². The number of allylic oxidation sites excluding steroid dienone is 1. The van der Waals surface area contributed by atoms with Crippen molar-refractivity contribution in [1.82, 2.24) is 14.9 Å². The zero-order valence-corrected chi connectivity index (χ0v) is 16.1. The SMILES string of the molecule is C/C(=C(/N1CCC(C)C1)N1C(N=CCl)=NCN1C)c1c(F)cc(F)cc1F. The Kier molecular flexibility index (Phi) is 5.76. The molecule has 1 fully saturated rings. The summed E-state index contributed by atoms with van der Waals surface area (Å²) in [6, 6.07) is 1.37. The number of likely N-dealkylation sites (tertiary alicyclic amines) is 1. The molecule has 2 aliphatic rings. The molecule has 0 aromatic heterocycles. The summed E-state index contributed by atoms with van der Waals surface area (Å²) in [4.78, 5) is 10.4. The molecule has 0 aliphatic carbocycles. The Morgan fingerprint density at radius 1 is 1.30 bits per heavy atom. The van der Waals surface area contributed by atoms with Crippen molar-refractivity contribution in [2.24, 2.45) is 15.9 Å². The lowest BCUT2D eigenvalue weighted by Gasteiger charge is -2.35. The van der Waals surface area contributed by atoms with Crippen LogP contribution in [0, 0.1) is 23.4 Å². The first-order valence-corrected chi connectivity index (χ1v) is 9.06. The molecule has 0 bridgehead atoms. The van der Waals surface area contributed by atoms with E-state index in [0.29, 0.717) is 42.1 Å². The maximum absolute atomic E-state index is 14.5. The van der Waals surface area contributed by atoms with Gasteiger partial charge in [0, 0.05) is 37.8 Å². The summed E-state index contributed by atoms with van der Waals surface area (Å²) in [6.45, 7) is 5.51. The van der Waals surface area contributed by atoms with Gasteiger partial charge in [-0.25, -0.2) is 28.2 Å². The molecule has 1 unspecified atom stereocenters. The third kappa shape index (κ3) is 3.82. The third-order valence-electron chi connectivity index (χ3n) is 4.75. The second-order valence-corrected chi connectivity index (χ2v) is 7.02. The molecular weight excluding hydrogens is 379 g/mol. The highest BCUT2D eigenvalue weighted by Gasteiger charge is 2.34. The first kappa shape index (κ1) is 19.7. The number of hydrazine groups is 1. The van der Waals surface area contributed by atoms with Crippen molar-refractivity contribution in [3.63, 3.8) is 0 Å². The van der Waals surface area contributed by atoms with E-state index in [1.165, 1.54) is 0 Å². The summed E-state index contributed by atoms with van der Waals surface area (Å²) in [5.74, 6) is -1.54. The summed E-state index contributed by atoms with van der Waals surface area (Å²) in [5, 5.41) is 3.47. The average Bonchev–Trinajstić information content (AvgIpc) is 3.15. The normalized spacial score (nSPS) is 22.0. The predicted octanol–water partition coefficient (Wildman–Crippen LogP) is 3.88. The van der Waals surface area contributed by atoms with E-state index in [1.54, 1.807) is 24.0 Å². The van der Waals surface area contributed by atoms with Gasteiger partial charge in [-0.1, -0.05) is 18.5 Å². The fraction of sp³-hybridized carbons (Fsp3) is 0.444. The number of benzene rings is 1. The van der Waals surface area contributed by atoms with Gasteiger partial charge in [-0.2, -0.15) is 5.01 Å². The lowest BCUT2D eigenvalue weighted by molar-refractivity contribution is 0.101. The van der Waals surface area contributed by atoms with E-state index in [4.69, 9.17) is 11.6 Å². The Hall–Kier alpha value is -2.06. The lowest BCUT2D eigenvalue weighted by Crippen LogP contribution is -2.44. The molecule has 0 saturated carbocycles. The summed E-state index contributed by atoms with van der Waals surface area (Å²) < 4.78 is 42.3. The minimum absolute atomic E-state index is 0.263. The van der Waals surface area contributed by atoms with E-state index in [9.17, 15) is 13.2 Å². The summed E-state index contributed by atoms with van der Waals surface area (Å²) in [7, 11) is 1.80. The number of guanidine groups is 1. The largest absolute Gasteiger partial charge is 0.356 e. The molecule has 0 amide bonds. The van der Waals surface area contributed by atoms with Gasteiger partial charge in [0.1, 0.15) is 29.9 Å². The average molecular weight is 400 g/mol. The molecule has 0 radical (unpaired) electrons. The van der Waals surface area contributed by atoms with Crippen molar-refractivity contribution in [2.75, 3.05) is 26.8 Å². The maximum atomic E-state index is 14.5. The van der Waals surface area contributed by atoms with Crippen molar-refractivity contribution >= 4 is 28.8 Å². The number of hydrogen-bond donors (Lipinski definition) is 0. The predicted molar refractivity (Wildman–Crippen MR) is 101 cm³/mol. The summed E-state index contributed by atoms with van der Waals surface area (Å²) in [5.41, 5.74) is 1.18. The minimum atomic E-state index is -0.954. The van der Waals surface area contributed by atoms with Crippen LogP contribution in [0.4, 0.5) is 13.2 Å². The quantitative estimate of drug-likeness (QED) is 0.723. The molecule has 1 saturated heterocycles. The Bertz CT molecular complexity index is 800. The monoisotopic (exact) mass is 399 g/mol. The molecule has 9 heteroatoms. The molecule has 1 atom stereocenters. The number of rotatable bonds is 3. The van der Waals surface area contributed by atoms with E-state index in [1.807, 2.05) is 4.90 Å². The van der Waals surface area contributed by atoms with Crippen LogP contribution >= 0.6 is 11.6 Å². The highest BCUT2D eigenvalue weighted by atomic mass is 35.5. The Labute approximate surface area is 161 Å². The molecule has 146 valence electrons. The molecule has 0 N–H and O–H groups in total. The fourth-order valence-corrected chi connectivity index (χ4v) is 3.60. The molecule has 2 aliphatic heterocycles. The fourth-order valence-electron chi connectivity index (χ4n) is 3.51. The van der Waals surface area contributed by atoms with E-state index >= 15 is 0 Å². The van der Waals surface area contributed by atoms with Crippen LogP contribution in [0.15, 0.2) is 27.9 Å². The van der Waals surface area contributed by atoms with Crippen LogP contribution in [0.3, 0.4) is 0 Å². The number of hydrogen-bond acceptors (Lipinski definition) is 5. The second kappa shape index (κ2) is 7.90. The van der Waals surface area contributed by atoms with Crippen LogP contribution < -0.4 is 0 Å². The van der Waals surface area contributed by atoms with E-state index in [2.05, 4.69) is 16.9 Å². The standard InChI is InChI=1S/C18H21ClF3N5/c1-11-4-5-26(8-11)17(27-18(23-9-19)24-10-25(27)3)12(2)16-14(21)6-13(20)7-15(16)22/h6-7,9,11H,4-5,8,10H2,1-3H3/b17-12+,23-9?. The number of aliphatic imine (C=N–C) groups is 2. The second-order valence-electron chi connectivity index (χ2n) is 6.83. The van der Waals surface area contributed by atoms with Gasteiger partial charge < -0.3 is 4.90 Å². The highest BCUT2D eigenvalue weighted by molar-refractivity contribution is 6.57. The zero-order valence-electron chi connectivity index (χ0n) is 15.4. The Morgan fingerprint density at radius 3 is 2.52 bits per heavy atom. The third-order valence-corrected chi connectivity index (χ3v) is 4.85. The van der Waals surface area contributed by atoms with Crippen LogP contribution in [0.5, 0.6) is 0 Å². The Morgan fingerprint density at radius 2 is 1.96 bits per heavy atom. The van der Waals surface area contributed by atoms with Gasteiger partial charge in [0.05, 0.1) is 11.2 Å². The minimum Gasteiger partial charge on any atom is -0.356 e. The van der Waals surface area contributed by atoms with Crippen LogP contribution in [0.25, 0.3) is 5.57 Å². The van der Waals surface area contributed by atoms with Crippen molar-refractivity contribution in [1.29, 1.82) is 0 Å². The molecule has 3 rings (SSSR count). The molecule has 2 heterocycles. The van der Waals surface area contributed by atoms with Gasteiger partial charge in [0.15, 0.2) is 0 Å². The van der Waals surface area contributed by atoms with Gasteiger partial charge in [0.25, 0.3) is 0 Å². The van der Waals surface area contributed by atoms with Crippen LogP contribution in [0.1, 0.15) is 25.8 Å². The first-order valence-electron chi connectivity index (χ1n) is 8.62. The maximum Gasteiger partial charge on any atom is 0.243 e. The van der Waals surface area contributed by atoms with Gasteiger partial charge in [0.2, 0.25) is 5.96 Å². The van der Waals surface area contributed by atoms with Gasteiger partial charge in [-0.3, -0.25) is 0 Å². The molecule has 0 spiro atoms. The number of halogens is 4. The van der Waals surface area contributed by atoms with Crippen LogP contribution in [-0.2, 0) is 0 Å². The van der Waals surface area contributed by atoms with Crippen molar-refractivity contribution in [3.8, 4) is 0 Å². The van der Waals surface area contributed by atoms with E-state index in [-0.39, 0.29) is 5.56 Å². The van der Waals surface area contributed by atoms with Crippen LogP contribution in [-0.4, -0.2) is 53.4 Å². The summed E-state index contributed by atoms with van der Waals surface area (Å²) >= 11 is 5.64. The van der Waals surface area contributed by atoms with E-state index < -0.39 is 17.5 Å². The molecule has 1 aromatic rings. The molecule has 1 aromatic carbocycles. The highest BCUT2D eigenvalue weighted by Crippen LogP contribution is 2.33. The smallest absolute Gasteiger partial charge is 0.243 e. The van der Waals surface area contributed by atoms with Gasteiger partial charge >= 0.3 is 0 Å². The van der Waals surface area contributed by atoms with E-state index in [0.717, 1.165) is 25.2 Å². The van der Waals surface area contributed by atoms with Crippen molar-refractivity contribution in [3.05, 3.63) is 41.0 Å². The summed E-state index contributed by atoms with van der Waals surface area (Å²) in [6.07, 6.45) is 0.952. The van der Waals surface area contributed by atoms with Crippen molar-refractivity contribution < 1.29 is 13.2 Å². The topological polar surface area (TPSA) is 34.4 Å².